The van der Waals surface area contributed by atoms with E-state index in [2.05, 4.69) is 23.5 Å². The van der Waals surface area contributed by atoms with Crippen molar-refractivity contribution >= 4 is 34.4 Å². The van der Waals surface area contributed by atoms with Gasteiger partial charge < -0.3 is 10.1 Å². The molecule has 33 heavy (non-hydrogen) atoms. The first-order chi connectivity index (χ1) is 16.2. The Morgan fingerprint density at radius 2 is 1.73 bits per heavy atom. The monoisotopic (exact) mass is 440 g/mol. The standard InChI is InChI=1S/C28H28N2O3/c31-25(29-21-11-5-2-6-12-21)18-33-28(32)26-22-13-7-8-14-24(22)30-27-20(15-16-23(26)27)17-19-9-3-1-4-10-19/h1,3-4,7-10,13-14,17,21H,2,5-6,11-12,15-16,18H2,(H,29,31). The fourth-order valence-corrected chi connectivity index (χ4v) is 4.98. The van der Waals surface area contributed by atoms with Crippen molar-refractivity contribution in [2.75, 3.05) is 6.61 Å². The summed E-state index contributed by atoms with van der Waals surface area (Å²) in [5.74, 6) is -0.681. The van der Waals surface area contributed by atoms with Crippen molar-refractivity contribution in [1.29, 1.82) is 0 Å². The van der Waals surface area contributed by atoms with E-state index in [1.54, 1.807) is 0 Å². The maximum absolute atomic E-state index is 13.2. The van der Waals surface area contributed by atoms with Crippen LogP contribution in [0.25, 0.3) is 22.6 Å². The van der Waals surface area contributed by atoms with Crippen LogP contribution in [0.2, 0.25) is 0 Å². The van der Waals surface area contributed by atoms with Crippen LogP contribution in [-0.4, -0.2) is 29.5 Å². The summed E-state index contributed by atoms with van der Waals surface area (Å²) < 4.78 is 5.52. The molecule has 3 aromatic rings. The molecular formula is C28H28N2O3. The third kappa shape index (κ3) is 4.68. The van der Waals surface area contributed by atoms with E-state index >= 15 is 0 Å². The molecule has 1 amide bonds. The van der Waals surface area contributed by atoms with Crippen LogP contribution in [0, 0.1) is 0 Å². The van der Waals surface area contributed by atoms with Crippen molar-refractivity contribution in [1.82, 2.24) is 10.3 Å². The molecule has 2 aliphatic rings. The molecule has 0 aliphatic heterocycles. The lowest BCUT2D eigenvalue weighted by molar-refractivity contribution is -0.125. The highest BCUT2D eigenvalue weighted by atomic mass is 16.5. The highest BCUT2D eigenvalue weighted by molar-refractivity contribution is 6.07. The topological polar surface area (TPSA) is 68.3 Å². The van der Waals surface area contributed by atoms with Crippen LogP contribution in [-0.2, 0) is 16.0 Å². The lowest BCUT2D eigenvalue weighted by Gasteiger charge is -2.22. The van der Waals surface area contributed by atoms with Crippen LogP contribution >= 0.6 is 0 Å². The van der Waals surface area contributed by atoms with Gasteiger partial charge in [0, 0.05) is 11.4 Å². The number of ether oxygens (including phenoxy) is 1. The number of benzene rings is 2. The Labute approximate surface area is 193 Å². The molecule has 0 saturated heterocycles. The molecule has 5 heteroatoms. The molecule has 2 aliphatic carbocycles. The van der Waals surface area contributed by atoms with E-state index in [0.29, 0.717) is 5.56 Å². The number of esters is 1. The maximum Gasteiger partial charge on any atom is 0.339 e. The van der Waals surface area contributed by atoms with Gasteiger partial charge in [0.25, 0.3) is 5.91 Å². The number of para-hydroxylation sites is 1. The molecule has 5 rings (SSSR count). The molecule has 2 aromatic carbocycles. The van der Waals surface area contributed by atoms with Crippen LogP contribution in [0.5, 0.6) is 0 Å². The SMILES string of the molecule is O=C(COC(=O)c1c2c(nc3ccccc13)C(=Cc1ccccc1)CC2)NC1CCCCC1. The van der Waals surface area contributed by atoms with Gasteiger partial charge >= 0.3 is 5.97 Å². The number of nitrogens with zero attached hydrogens (tertiary/aromatic N) is 1. The van der Waals surface area contributed by atoms with Gasteiger partial charge in [0.1, 0.15) is 0 Å². The zero-order valence-corrected chi connectivity index (χ0v) is 18.7. The molecule has 1 saturated carbocycles. The molecule has 5 nitrogen and oxygen atoms in total. The van der Waals surface area contributed by atoms with Gasteiger partial charge in [-0.15, -0.1) is 0 Å². The summed E-state index contributed by atoms with van der Waals surface area (Å²) in [6.45, 7) is -0.256. The molecule has 0 unspecified atom stereocenters. The van der Waals surface area contributed by atoms with Crippen molar-refractivity contribution in [2.45, 2.75) is 51.0 Å². The molecule has 1 heterocycles. The zero-order chi connectivity index (χ0) is 22.6. The van der Waals surface area contributed by atoms with Crippen molar-refractivity contribution in [2.24, 2.45) is 0 Å². The minimum atomic E-state index is -0.454. The minimum absolute atomic E-state index is 0.196. The molecule has 0 spiro atoms. The molecule has 0 atom stereocenters. The third-order valence-corrected chi connectivity index (χ3v) is 6.59. The number of carbonyl (C=O) groups excluding carboxylic acids is 2. The lowest BCUT2D eigenvalue weighted by Crippen LogP contribution is -2.38. The Morgan fingerprint density at radius 3 is 2.55 bits per heavy atom. The number of carbonyl (C=O) groups is 2. The summed E-state index contributed by atoms with van der Waals surface area (Å²) in [6.07, 6.45) is 9.18. The molecule has 0 bridgehead atoms. The summed E-state index contributed by atoms with van der Waals surface area (Å²) in [5.41, 5.74) is 5.29. The molecular weight excluding hydrogens is 412 g/mol. The van der Waals surface area contributed by atoms with E-state index in [4.69, 9.17) is 9.72 Å². The highest BCUT2D eigenvalue weighted by Gasteiger charge is 2.28. The third-order valence-electron chi connectivity index (χ3n) is 6.59. The van der Waals surface area contributed by atoms with Crippen LogP contribution in [0.15, 0.2) is 54.6 Å². The van der Waals surface area contributed by atoms with E-state index in [-0.39, 0.29) is 18.6 Å². The lowest BCUT2D eigenvalue weighted by atomic mass is 9.95. The first kappa shape index (κ1) is 21.4. The summed E-state index contributed by atoms with van der Waals surface area (Å²) in [4.78, 5) is 30.5. The summed E-state index contributed by atoms with van der Waals surface area (Å²) in [7, 11) is 0. The van der Waals surface area contributed by atoms with Crippen LogP contribution in [0.4, 0.5) is 0 Å². The van der Waals surface area contributed by atoms with Crippen LogP contribution < -0.4 is 5.32 Å². The Balaban J connectivity index is 1.41. The maximum atomic E-state index is 13.2. The normalized spacial score (nSPS) is 17.2. The smallest absolute Gasteiger partial charge is 0.339 e. The quantitative estimate of drug-likeness (QED) is 0.545. The predicted octanol–water partition coefficient (Wildman–Crippen LogP) is 5.33. The second-order valence-electron chi connectivity index (χ2n) is 8.89. The van der Waals surface area contributed by atoms with Gasteiger partial charge in [0.2, 0.25) is 0 Å². The molecule has 0 radical (unpaired) electrons. The first-order valence-electron chi connectivity index (χ1n) is 11.8. The zero-order valence-electron chi connectivity index (χ0n) is 18.7. The fourth-order valence-electron chi connectivity index (χ4n) is 4.98. The average molecular weight is 441 g/mol. The van der Waals surface area contributed by atoms with Gasteiger partial charge in [-0.05, 0) is 54.5 Å². The van der Waals surface area contributed by atoms with E-state index in [1.165, 1.54) is 6.42 Å². The van der Waals surface area contributed by atoms with Crippen LogP contribution in [0.3, 0.4) is 0 Å². The van der Waals surface area contributed by atoms with Gasteiger partial charge in [0.15, 0.2) is 6.61 Å². The molecule has 1 N–H and O–H groups in total. The Kier molecular flexibility index (Phi) is 6.20. The van der Waals surface area contributed by atoms with Gasteiger partial charge in [-0.25, -0.2) is 9.78 Å². The Hall–Kier alpha value is -3.47. The number of rotatable bonds is 5. The number of hydrogen-bond donors (Lipinski definition) is 1. The van der Waals surface area contributed by atoms with Gasteiger partial charge in [-0.3, -0.25) is 4.79 Å². The number of nitrogens with one attached hydrogen (secondary N) is 1. The Morgan fingerprint density at radius 1 is 0.970 bits per heavy atom. The van der Waals surface area contributed by atoms with Crippen molar-refractivity contribution < 1.29 is 14.3 Å². The van der Waals surface area contributed by atoms with Gasteiger partial charge in [0.05, 0.1) is 16.8 Å². The predicted molar refractivity (Wildman–Crippen MR) is 130 cm³/mol. The van der Waals surface area contributed by atoms with E-state index < -0.39 is 5.97 Å². The van der Waals surface area contributed by atoms with E-state index in [9.17, 15) is 9.59 Å². The van der Waals surface area contributed by atoms with E-state index in [0.717, 1.165) is 71.8 Å². The second kappa shape index (κ2) is 9.57. The molecule has 168 valence electrons. The number of fused-ring (bicyclic) bond motifs is 2. The number of aromatic nitrogens is 1. The first-order valence-corrected chi connectivity index (χ1v) is 11.8. The fraction of sp³-hybridized carbons (Fsp3) is 0.321. The van der Waals surface area contributed by atoms with Crippen molar-refractivity contribution in [3.05, 3.63) is 77.0 Å². The average Bonchev–Trinajstić information content (AvgIpc) is 3.24. The van der Waals surface area contributed by atoms with Gasteiger partial charge in [-0.2, -0.15) is 0 Å². The number of pyridine rings is 1. The number of amides is 1. The van der Waals surface area contributed by atoms with Gasteiger partial charge in [-0.1, -0.05) is 67.8 Å². The largest absolute Gasteiger partial charge is 0.452 e. The number of hydrogen-bond acceptors (Lipinski definition) is 4. The van der Waals surface area contributed by atoms with Crippen molar-refractivity contribution in [3.63, 3.8) is 0 Å². The second-order valence-corrected chi connectivity index (χ2v) is 8.89. The number of allylic oxidation sites excluding steroid dienone is 1. The minimum Gasteiger partial charge on any atom is -0.452 e. The van der Waals surface area contributed by atoms with Crippen molar-refractivity contribution in [3.8, 4) is 0 Å². The van der Waals surface area contributed by atoms with E-state index in [1.807, 2.05) is 42.5 Å². The highest BCUT2D eigenvalue weighted by Crippen LogP contribution is 2.37. The molecule has 1 fully saturated rings. The Bertz CT molecular complexity index is 1210. The summed E-state index contributed by atoms with van der Waals surface area (Å²) >= 11 is 0. The van der Waals surface area contributed by atoms with Crippen LogP contribution in [0.1, 0.15) is 65.7 Å². The molecule has 1 aromatic heterocycles. The summed E-state index contributed by atoms with van der Waals surface area (Å²) in [6, 6.07) is 18.0. The summed E-state index contributed by atoms with van der Waals surface area (Å²) in [5, 5.41) is 3.78.